The molecule has 11 heteroatoms. The van der Waals surface area contributed by atoms with Crippen LogP contribution >= 0.6 is 0 Å². The topological polar surface area (TPSA) is 134 Å². The van der Waals surface area contributed by atoms with Gasteiger partial charge in [-0.05, 0) is 80.1 Å². The van der Waals surface area contributed by atoms with Crippen LogP contribution in [0.2, 0.25) is 0 Å². The first-order valence-electron chi connectivity index (χ1n) is 13.7. The number of amides is 4. The highest BCUT2D eigenvalue weighted by Crippen LogP contribution is 2.45. The van der Waals surface area contributed by atoms with Gasteiger partial charge in [-0.15, -0.1) is 0 Å². The molecule has 3 rings (SSSR count). The van der Waals surface area contributed by atoms with E-state index < -0.39 is 56.9 Å². The van der Waals surface area contributed by atoms with Gasteiger partial charge < -0.3 is 20.3 Å². The predicted octanol–water partition coefficient (Wildman–Crippen LogP) is 2.84. The third-order valence-corrected chi connectivity index (χ3v) is 8.55. The van der Waals surface area contributed by atoms with E-state index in [-0.39, 0.29) is 11.8 Å². The second-order valence-electron chi connectivity index (χ2n) is 12.5. The van der Waals surface area contributed by atoms with Crippen molar-refractivity contribution in [2.75, 3.05) is 6.54 Å². The lowest BCUT2D eigenvalue weighted by atomic mass is 10.0. The lowest BCUT2D eigenvalue weighted by Crippen LogP contribution is -2.58. The number of nitrogens with zero attached hydrogens (tertiary/aromatic N) is 1. The molecule has 3 N–H and O–H groups in total. The SMILES string of the molecule is CC(C)(C)OC(=O)N[C@H]1CCCCC/C=C\[C@H]2C[C@@]2(C(=O)N[S@](=O)C(C)(C)C)NC(=O)[C@@H]2CCCN2C1=O. The smallest absolute Gasteiger partial charge is 0.408 e. The Morgan fingerprint density at radius 1 is 1.08 bits per heavy atom. The van der Waals surface area contributed by atoms with Crippen LogP contribution in [0, 0.1) is 5.92 Å². The monoisotopic (exact) mass is 552 g/mol. The van der Waals surface area contributed by atoms with Gasteiger partial charge in [-0.1, -0.05) is 25.0 Å². The van der Waals surface area contributed by atoms with E-state index in [1.807, 2.05) is 12.2 Å². The molecule has 10 nitrogen and oxygen atoms in total. The first kappa shape index (κ1) is 30.1. The maximum Gasteiger partial charge on any atom is 0.408 e. The quantitative estimate of drug-likeness (QED) is 0.461. The van der Waals surface area contributed by atoms with Gasteiger partial charge in [-0.25, -0.2) is 9.00 Å². The summed E-state index contributed by atoms with van der Waals surface area (Å²) in [6.45, 7) is 11.0. The molecule has 4 amide bonds. The van der Waals surface area contributed by atoms with Crippen molar-refractivity contribution in [1.29, 1.82) is 0 Å². The molecule has 0 bridgehead atoms. The van der Waals surface area contributed by atoms with Gasteiger partial charge in [0.2, 0.25) is 11.8 Å². The van der Waals surface area contributed by atoms with Crippen molar-refractivity contribution in [3.63, 3.8) is 0 Å². The van der Waals surface area contributed by atoms with Crippen LogP contribution in [0.15, 0.2) is 12.2 Å². The zero-order valence-electron chi connectivity index (χ0n) is 23.6. The second kappa shape index (κ2) is 11.8. The van der Waals surface area contributed by atoms with Gasteiger partial charge >= 0.3 is 6.09 Å². The zero-order valence-corrected chi connectivity index (χ0v) is 24.4. The van der Waals surface area contributed by atoms with Gasteiger partial charge in [-0.2, -0.15) is 0 Å². The van der Waals surface area contributed by atoms with Crippen molar-refractivity contribution in [1.82, 2.24) is 20.3 Å². The fraction of sp³-hybridized carbons (Fsp3) is 0.778. The van der Waals surface area contributed by atoms with Gasteiger partial charge in [0.05, 0.1) is 4.75 Å². The Bertz CT molecular complexity index is 985. The molecule has 0 aromatic carbocycles. The molecule has 38 heavy (non-hydrogen) atoms. The summed E-state index contributed by atoms with van der Waals surface area (Å²) >= 11 is 0. The average molecular weight is 553 g/mol. The van der Waals surface area contributed by atoms with Crippen LogP contribution in [-0.4, -0.2) is 67.4 Å². The Balaban J connectivity index is 1.83. The van der Waals surface area contributed by atoms with E-state index in [4.69, 9.17) is 4.74 Å². The molecule has 3 aliphatic rings. The van der Waals surface area contributed by atoms with Gasteiger partial charge in [0.1, 0.15) is 34.2 Å². The summed E-state index contributed by atoms with van der Waals surface area (Å²) in [5.41, 5.74) is -1.90. The van der Waals surface area contributed by atoms with Crippen LogP contribution in [0.1, 0.15) is 92.9 Å². The van der Waals surface area contributed by atoms with Crippen LogP contribution in [-0.2, 0) is 30.1 Å². The normalized spacial score (nSPS) is 30.5. The highest BCUT2D eigenvalue weighted by molar-refractivity contribution is 7.85. The Morgan fingerprint density at radius 3 is 2.45 bits per heavy atom. The number of fused-ring (bicyclic) bond motifs is 2. The molecular formula is C27H44N4O6S. The Labute approximate surface area is 228 Å². The van der Waals surface area contributed by atoms with Crippen LogP contribution in [0.25, 0.3) is 0 Å². The highest BCUT2D eigenvalue weighted by atomic mass is 32.2. The third kappa shape index (κ3) is 7.57. The summed E-state index contributed by atoms with van der Waals surface area (Å²) in [5.74, 6) is -1.41. The Hall–Kier alpha value is -2.43. The summed E-state index contributed by atoms with van der Waals surface area (Å²) in [6.07, 6.45) is 8.56. The molecular weight excluding hydrogens is 508 g/mol. The maximum absolute atomic E-state index is 13.6. The predicted molar refractivity (Wildman–Crippen MR) is 145 cm³/mol. The molecule has 2 fully saturated rings. The standard InChI is InChI=1S/C27H44N4O6S/c1-25(2,3)37-24(35)28-19-14-11-9-7-8-10-13-18-17-27(18,23(34)30-38(36)26(4,5)6)29-21(32)20-15-12-16-31(20)22(19)33/h10,13,18-20H,7-9,11-12,14-17H2,1-6H3,(H,28,35)(H,29,32)(H,30,34)/b13-10-/t18-,19-,20-,27+,38+/m0/s1. The summed E-state index contributed by atoms with van der Waals surface area (Å²) in [4.78, 5) is 54.5. The van der Waals surface area contributed by atoms with Crippen molar-refractivity contribution in [3.05, 3.63) is 12.2 Å². The summed E-state index contributed by atoms with van der Waals surface area (Å²) in [7, 11) is -1.63. The first-order valence-corrected chi connectivity index (χ1v) is 14.8. The molecule has 1 saturated carbocycles. The van der Waals surface area contributed by atoms with Gasteiger partial charge in [0.25, 0.3) is 5.91 Å². The van der Waals surface area contributed by atoms with E-state index in [0.717, 1.165) is 25.7 Å². The second-order valence-corrected chi connectivity index (χ2v) is 14.5. The highest BCUT2D eigenvalue weighted by Gasteiger charge is 2.61. The number of carbonyl (C=O) groups is 4. The number of ether oxygens (including phenoxy) is 1. The van der Waals surface area contributed by atoms with Gasteiger partial charge in [0, 0.05) is 12.5 Å². The van der Waals surface area contributed by atoms with E-state index in [1.165, 1.54) is 4.90 Å². The molecule has 1 aliphatic carbocycles. The van der Waals surface area contributed by atoms with Crippen molar-refractivity contribution >= 4 is 34.8 Å². The minimum Gasteiger partial charge on any atom is -0.444 e. The number of rotatable bonds is 3. The van der Waals surface area contributed by atoms with Gasteiger partial charge in [0.15, 0.2) is 0 Å². The molecule has 0 aromatic heterocycles. The van der Waals surface area contributed by atoms with Crippen molar-refractivity contribution in [2.24, 2.45) is 5.92 Å². The molecule has 0 spiro atoms. The van der Waals surface area contributed by atoms with E-state index in [2.05, 4.69) is 15.4 Å². The molecule has 5 atom stereocenters. The van der Waals surface area contributed by atoms with Crippen molar-refractivity contribution < 1.29 is 28.1 Å². The van der Waals surface area contributed by atoms with Crippen LogP contribution < -0.4 is 15.4 Å². The molecule has 0 unspecified atom stereocenters. The number of hydrogen-bond donors (Lipinski definition) is 3. The largest absolute Gasteiger partial charge is 0.444 e. The summed E-state index contributed by atoms with van der Waals surface area (Å²) in [6, 6.07) is -1.56. The lowest BCUT2D eigenvalue weighted by Gasteiger charge is -2.30. The lowest BCUT2D eigenvalue weighted by molar-refractivity contribution is -0.141. The van der Waals surface area contributed by atoms with E-state index in [0.29, 0.717) is 32.2 Å². The van der Waals surface area contributed by atoms with Crippen molar-refractivity contribution in [3.8, 4) is 0 Å². The Kier molecular flexibility index (Phi) is 9.32. The average Bonchev–Trinajstić information content (AvgIpc) is 3.25. The molecule has 0 aromatic rings. The number of carbonyl (C=O) groups excluding carboxylic acids is 4. The molecule has 0 radical (unpaired) electrons. The van der Waals surface area contributed by atoms with Crippen LogP contribution in [0.3, 0.4) is 0 Å². The minimum absolute atomic E-state index is 0.208. The van der Waals surface area contributed by atoms with E-state index in [9.17, 15) is 23.4 Å². The third-order valence-electron chi connectivity index (χ3n) is 7.07. The molecule has 2 heterocycles. The molecule has 214 valence electrons. The van der Waals surface area contributed by atoms with Crippen molar-refractivity contribution in [2.45, 2.75) is 121 Å². The van der Waals surface area contributed by atoms with Crippen LogP contribution in [0.4, 0.5) is 4.79 Å². The number of alkyl carbamates (subject to hydrolysis) is 1. The minimum atomic E-state index is -1.63. The fourth-order valence-corrected chi connectivity index (χ4v) is 5.53. The summed E-state index contributed by atoms with van der Waals surface area (Å²) in [5, 5.41) is 5.66. The number of allylic oxidation sites excluding steroid dienone is 1. The zero-order chi connectivity index (χ0) is 28.3. The fourth-order valence-electron chi connectivity index (χ4n) is 4.87. The van der Waals surface area contributed by atoms with E-state index in [1.54, 1.807) is 41.5 Å². The molecule has 1 saturated heterocycles. The first-order chi connectivity index (χ1) is 17.6. The van der Waals surface area contributed by atoms with Gasteiger partial charge in [-0.3, -0.25) is 19.1 Å². The molecule has 2 aliphatic heterocycles. The number of nitrogens with one attached hydrogen (secondary N) is 3. The summed E-state index contributed by atoms with van der Waals surface area (Å²) < 4.78 is 20.0. The Morgan fingerprint density at radius 2 is 1.79 bits per heavy atom. The van der Waals surface area contributed by atoms with E-state index >= 15 is 0 Å². The number of hydrogen-bond acceptors (Lipinski definition) is 6. The maximum atomic E-state index is 13.6. The van der Waals surface area contributed by atoms with Crippen LogP contribution in [0.5, 0.6) is 0 Å².